The molecule has 2 aliphatic heterocycles. The molecule has 0 aliphatic carbocycles. The van der Waals surface area contributed by atoms with Crippen LogP contribution in [0, 0.1) is 0 Å². The average Bonchev–Trinajstić information content (AvgIpc) is 3.15. The van der Waals surface area contributed by atoms with E-state index < -0.39 is 0 Å². The van der Waals surface area contributed by atoms with Gasteiger partial charge in [-0.1, -0.05) is 58.9 Å². The Kier molecular flexibility index (Phi) is 4.16. The van der Waals surface area contributed by atoms with Crippen LogP contribution in [-0.4, -0.2) is 26.8 Å². The second-order valence-corrected chi connectivity index (χ2v) is 7.70. The Bertz CT molecular complexity index is 734. The highest BCUT2D eigenvalue weighted by atomic mass is 79.9. The molecule has 3 nitrogen and oxygen atoms in total. The highest BCUT2D eigenvalue weighted by Gasteiger charge is 2.45. The monoisotopic (exact) mass is 387 g/mol. The third-order valence-electron chi connectivity index (χ3n) is 4.55. The molecule has 0 amide bonds. The molecule has 0 radical (unpaired) electrons. The van der Waals surface area contributed by atoms with E-state index in [-0.39, 0.29) is 12.1 Å². The van der Waals surface area contributed by atoms with Crippen molar-refractivity contribution < 1.29 is 0 Å². The van der Waals surface area contributed by atoms with Crippen LogP contribution >= 0.6 is 27.7 Å². The van der Waals surface area contributed by atoms with Crippen molar-refractivity contribution >= 4 is 32.9 Å². The zero-order valence-electron chi connectivity index (χ0n) is 12.9. The first-order valence-corrected chi connectivity index (χ1v) is 9.71. The molecule has 0 N–H and O–H groups in total. The van der Waals surface area contributed by atoms with Gasteiger partial charge in [-0.15, -0.1) is 0 Å². The molecule has 3 heterocycles. The topological polar surface area (TPSA) is 28.5 Å². The van der Waals surface area contributed by atoms with Crippen LogP contribution in [0.5, 0.6) is 0 Å². The summed E-state index contributed by atoms with van der Waals surface area (Å²) < 4.78 is 1.15. The fourth-order valence-electron chi connectivity index (χ4n) is 3.40. The highest BCUT2D eigenvalue weighted by Crippen LogP contribution is 2.49. The van der Waals surface area contributed by atoms with Crippen LogP contribution in [0.15, 0.2) is 58.1 Å². The van der Waals surface area contributed by atoms with E-state index in [1.807, 2.05) is 30.1 Å². The molecule has 1 aromatic heterocycles. The smallest absolute Gasteiger partial charge is 0.160 e. The van der Waals surface area contributed by atoms with Gasteiger partial charge in [-0.2, -0.15) is 0 Å². The Morgan fingerprint density at radius 1 is 1.22 bits per heavy atom. The summed E-state index contributed by atoms with van der Waals surface area (Å²) in [4.78, 5) is 12.1. The van der Waals surface area contributed by atoms with Crippen molar-refractivity contribution in [1.82, 2.24) is 9.88 Å². The van der Waals surface area contributed by atoms with E-state index in [0.717, 1.165) is 22.3 Å². The lowest BCUT2D eigenvalue weighted by Crippen LogP contribution is -2.35. The Hall–Kier alpha value is -1.33. The van der Waals surface area contributed by atoms with Crippen molar-refractivity contribution in [3.05, 3.63) is 64.4 Å². The summed E-state index contributed by atoms with van der Waals surface area (Å²) in [5.41, 5.74) is 2.34. The number of nitrogens with zero attached hydrogens (tertiary/aromatic N) is 3. The van der Waals surface area contributed by atoms with Gasteiger partial charge in [0.2, 0.25) is 0 Å². The minimum absolute atomic E-state index is 0.0618. The molecule has 0 spiro atoms. The summed E-state index contributed by atoms with van der Waals surface area (Å²) in [5, 5.41) is 1.17. The van der Waals surface area contributed by atoms with Gasteiger partial charge in [0.25, 0.3) is 0 Å². The first-order valence-electron chi connectivity index (χ1n) is 7.94. The maximum Gasteiger partial charge on any atom is 0.160 e. The number of hydrogen-bond donors (Lipinski definition) is 0. The fraction of sp³-hybridized carbons (Fsp3) is 0.333. The number of rotatable bonds is 3. The average molecular weight is 388 g/mol. The first kappa shape index (κ1) is 15.2. The number of hydrogen-bond acceptors (Lipinski definition) is 4. The van der Waals surface area contributed by atoms with Crippen LogP contribution in [0.25, 0.3) is 0 Å². The third kappa shape index (κ3) is 2.60. The molecule has 3 unspecified atom stereocenters. The molecule has 1 saturated heterocycles. The number of halogens is 1. The van der Waals surface area contributed by atoms with Crippen molar-refractivity contribution in [2.75, 3.05) is 5.75 Å². The molecule has 0 bridgehead atoms. The Labute approximate surface area is 149 Å². The molecule has 5 heteroatoms. The van der Waals surface area contributed by atoms with E-state index in [4.69, 9.17) is 4.99 Å². The van der Waals surface area contributed by atoms with Crippen LogP contribution < -0.4 is 0 Å². The Morgan fingerprint density at radius 3 is 2.78 bits per heavy atom. The van der Waals surface area contributed by atoms with Crippen LogP contribution in [0.2, 0.25) is 0 Å². The van der Waals surface area contributed by atoms with E-state index >= 15 is 0 Å². The molecular formula is C18H18BrN3S. The molecule has 4 rings (SSSR count). The SMILES string of the molecule is CCC1CSC2=NC(c3ccccn3)C(c3ccccc3Br)N21. The van der Waals surface area contributed by atoms with Gasteiger partial charge in [0.15, 0.2) is 5.17 Å². The fourth-order valence-corrected chi connectivity index (χ4v) is 5.26. The van der Waals surface area contributed by atoms with Gasteiger partial charge in [0.05, 0.1) is 11.7 Å². The van der Waals surface area contributed by atoms with Gasteiger partial charge in [-0.05, 0) is 30.2 Å². The number of amidine groups is 1. The molecular weight excluding hydrogens is 370 g/mol. The number of pyridine rings is 1. The van der Waals surface area contributed by atoms with Crippen LogP contribution in [0.3, 0.4) is 0 Å². The second kappa shape index (κ2) is 6.29. The van der Waals surface area contributed by atoms with E-state index in [1.165, 1.54) is 10.7 Å². The van der Waals surface area contributed by atoms with Gasteiger partial charge in [-0.3, -0.25) is 9.98 Å². The molecule has 3 atom stereocenters. The number of aliphatic imine (C=N–C) groups is 1. The minimum atomic E-state index is 0.0618. The normalized spacial score (nSPS) is 26.3. The number of fused-ring (bicyclic) bond motifs is 1. The molecule has 2 aliphatic rings. The third-order valence-corrected chi connectivity index (χ3v) is 6.40. The summed E-state index contributed by atoms with van der Waals surface area (Å²) in [6.07, 6.45) is 3.00. The molecule has 1 aromatic carbocycles. The van der Waals surface area contributed by atoms with Gasteiger partial charge in [0.1, 0.15) is 6.04 Å². The van der Waals surface area contributed by atoms with E-state index in [9.17, 15) is 0 Å². The zero-order valence-corrected chi connectivity index (χ0v) is 15.3. The van der Waals surface area contributed by atoms with E-state index in [2.05, 4.69) is 63.1 Å². The van der Waals surface area contributed by atoms with Crippen LogP contribution in [-0.2, 0) is 0 Å². The van der Waals surface area contributed by atoms with Crippen molar-refractivity contribution in [2.45, 2.75) is 31.5 Å². The largest absolute Gasteiger partial charge is 0.338 e. The van der Waals surface area contributed by atoms with E-state index in [1.54, 1.807) is 0 Å². The van der Waals surface area contributed by atoms with Crippen LogP contribution in [0.1, 0.15) is 36.7 Å². The summed E-state index contributed by atoms with van der Waals surface area (Å²) in [6.45, 7) is 2.26. The summed E-state index contributed by atoms with van der Waals surface area (Å²) in [7, 11) is 0. The number of benzene rings is 1. The van der Waals surface area contributed by atoms with E-state index in [0.29, 0.717) is 6.04 Å². The summed E-state index contributed by atoms with van der Waals surface area (Å²) in [6, 6.07) is 15.4. The lowest BCUT2D eigenvalue weighted by molar-refractivity contribution is 0.254. The predicted octanol–water partition coefficient (Wildman–Crippen LogP) is 4.82. The van der Waals surface area contributed by atoms with Gasteiger partial charge >= 0.3 is 0 Å². The van der Waals surface area contributed by atoms with Crippen molar-refractivity contribution in [1.29, 1.82) is 0 Å². The standard InChI is InChI=1S/C18H18BrN3S/c1-2-12-11-23-18-21-16(15-9-5-6-10-20-15)17(22(12)18)13-7-3-4-8-14(13)19/h3-10,12,16-17H,2,11H2,1H3. The van der Waals surface area contributed by atoms with Crippen molar-refractivity contribution in [2.24, 2.45) is 4.99 Å². The minimum Gasteiger partial charge on any atom is -0.338 e. The Morgan fingerprint density at radius 2 is 2.04 bits per heavy atom. The molecule has 1 fully saturated rings. The van der Waals surface area contributed by atoms with Gasteiger partial charge in [0, 0.05) is 22.5 Å². The lowest BCUT2D eigenvalue weighted by Gasteiger charge is -2.32. The molecule has 0 saturated carbocycles. The highest BCUT2D eigenvalue weighted by molar-refractivity contribution is 9.10. The van der Waals surface area contributed by atoms with Gasteiger partial charge in [-0.25, -0.2) is 0 Å². The van der Waals surface area contributed by atoms with Crippen molar-refractivity contribution in [3.63, 3.8) is 0 Å². The quantitative estimate of drug-likeness (QED) is 0.755. The maximum absolute atomic E-state index is 5.04. The summed E-state index contributed by atoms with van der Waals surface area (Å²) >= 11 is 5.62. The number of thioether (sulfide) groups is 1. The molecule has 2 aromatic rings. The lowest BCUT2D eigenvalue weighted by atomic mass is 9.95. The predicted molar refractivity (Wildman–Crippen MR) is 99.7 cm³/mol. The van der Waals surface area contributed by atoms with Crippen molar-refractivity contribution in [3.8, 4) is 0 Å². The molecule has 23 heavy (non-hydrogen) atoms. The summed E-state index contributed by atoms with van der Waals surface area (Å²) in [5.74, 6) is 1.13. The molecule has 118 valence electrons. The first-order chi connectivity index (χ1) is 11.3. The zero-order chi connectivity index (χ0) is 15.8. The Balaban J connectivity index is 1.82. The van der Waals surface area contributed by atoms with Gasteiger partial charge < -0.3 is 4.90 Å². The van der Waals surface area contributed by atoms with Crippen LogP contribution in [0.4, 0.5) is 0 Å². The number of aromatic nitrogens is 1. The maximum atomic E-state index is 5.04. The second-order valence-electron chi connectivity index (χ2n) is 5.86.